The lowest BCUT2D eigenvalue weighted by Crippen LogP contribution is -2.12. The first kappa shape index (κ1) is 12.6. The summed E-state index contributed by atoms with van der Waals surface area (Å²) in [5.41, 5.74) is 1.60. The topological polar surface area (TPSA) is 64.4 Å². The molecule has 0 amide bonds. The normalized spacial score (nSPS) is 12.8. The summed E-state index contributed by atoms with van der Waals surface area (Å²) in [4.78, 5) is 15.5. The number of benzene rings is 1. The van der Waals surface area contributed by atoms with E-state index in [0.717, 1.165) is 11.3 Å². The van der Waals surface area contributed by atoms with Crippen molar-refractivity contribution >= 4 is 17.0 Å². The van der Waals surface area contributed by atoms with Crippen molar-refractivity contribution in [1.82, 2.24) is 9.55 Å². The van der Waals surface area contributed by atoms with Crippen molar-refractivity contribution in [2.45, 2.75) is 19.9 Å². The van der Waals surface area contributed by atoms with Crippen LogP contribution < -0.4 is 0 Å². The van der Waals surface area contributed by atoms with Crippen LogP contribution >= 0.6 is 0 Å². The molecular weight excluding hydrogens is 232 g/mol. The van der Waals surface area contributed by atoms with E-state index in [-0.39, 0.29) is 11.6 Å². The summed E-state index contributed by atoms with van der Waals surface area (Å²) < 4.78 is 7.15. The number of aromatic nitrogens is 2. The number of carboxylic acid groups (broad SMARTS) is 1. The fourth-order valence-electron chi connectivity index (χ4n) is 2.28. The number of ether oxygens (including phenoxy) is 1. The lowest BCUT2D eigenvalue weighted by molar-refractivity contribution is 0.0699. The third kappa shape index (κ3) is 1.97. The third-order valence-corrected chi connectivity index (χ3v) is 2.98. The van der Waals surface area contributed by atoms with E-state index in [9.17, 15) is 4.79 Å². The van der Waals surface area contributed by atoms with E-state index in [0.29, 0.717) is 12.1 Å². The number of para-hydroxylation sites is 1. The summed E-state index contributed by atoms with van der Waals surface area (Å²) >= 11 is 0. The zero-order valence-electron chi connectivity index (χ0n) is 10.7. The maximum absolute atomic E-state index is 11.2. The number of methoxy groups -OCH3 is 1. The number of imidazole rings is 1. The number of fused-ring (bicyclic) bond motifs is 1. The van der Waals surface area contributed by atoms with Crippen molar-refractivity contribution in [3.05, 3.63) is 29.6 Å². The van der Waals surface area contributed by atoms with E-state index < -0.39 is 5.97 Å². The van der Waals surface area contributed by atoms with Gasteiger partial charge in [0.25, 0.3) is 0 Å². The molecule has 1 atom stereocenters. The molecule has 0 radical (unpaired) electrons. The largest absolute Gasteiger partial charge is 0.478 e. The second-order valence-corrected chi connectivity index (χ2v) is 4.31. The van der Waals surface area contributed by atoms with Crippen molar-refractivity contribution in [3.63, 3.8) is 0 Å². The number of hydrogen-bond acceptors (Lipinski definition) is 3. The molecule has 1 unspecified atom stereocenters. The molecule has 1 aromatic carbocycles. The van der Waals surface area contributed by atoms with Gasteiger partial charge in [0.15, 0.2) is 0 Å². The Labute approximate surface area is 105 Å². The van der Waals surface area contributed by atoms with E-state index >= 15 is 0 Å². The summed E-state index contributed by atoms with van der Waals surface area (Å²) in [6.45, 7) is 4.45. The monoisotopic (exact) mass is 248 g/mol. The molecule has 0 bridgehead atoms. The number of rotatable bonds is 4. The molecule has 0 aliphatic heterocycles. The van der Waals surface area contributed by atoms with Gasteiger partial charge in [-0.05, 0) is 26.0 Å². The number of nitrogens with zero attached hydrogens (tertiary/aromatic N) is 2. The molecule has 1 heterocycles. The minimum atomic E-state index is -0.954. The Morgan fingerprint density at radius 2 is 2.28 bits per heavy atom. The molecule has 2 aromatic rings. The van der Waals surface area contributed by atoms with Gasteiger partial charge in [-0.3, -0.25) is 0 Å². The third-order valence-electron chi connectivity index (χ3n) is 2.98. The molecule has 1 N–H and O–H groups in total. The fraction of sp³-hybridized carbons (Fsp3) is 0.385. The summed E-state index contributed by atoms with van der Waals surface area (Å²) in [7, 11) is 1.65. The van der Waals surface area contributed by atoms with Gasteiger partial charge in [0.2, 0.25) is 0 Å². The minimum absolute atomic E-state index is 0.115. The van der Waals surface area contributed by atoms with Gasteiger partial charge in [0.1, 0.15) is 11.3 Å². The van der Waals surface area contributed by atoms with Crippen LogP contribution in [-0.2, 0) is 4.74 Å². The minimum Gasteiger partial charge on any atom is -0.478 e. The van der Waals surface area contributed by atoms with Gasteiger partial charge in [-0.25, -0.2) is 9.78 Å². The average molecular weight is 248 g/mol. The zero-order chi connectivity index (χ0) is 13.3. The number of aromatic carboxylic acids is 1. The lowest BCUT2D eigenvalue weighted by atomic mass is 10.2. The number of hydrogen-bond donors (Lipinski definition) is 1. The van der Waals surface area contributed by atoms with Gasteiger partial charge in [-0.1, -0.05) is 6.07 Å². The van der Waals surface area contributed by atoms with Gasteiger partial charge >= 0.3 is 5.97 Å². The molecular formula is C13H16N2O3. The van der Waals surface area contributed by atoms with Crippen molar-refractivity contribution in [1.29, 1.82) is 0 Å². The molecule has 0 saturated heterocycles. The molecule has 0 spiro atoms. The summed E-state index contributed by atoms with van der Waals surface area (Å²) in [5.74, 6) is -0.159. The first-order chi connectivity index (χ1) is 8.56. The van der Waals surface area contributed by atoms with Crippen LogP contribution in [0.1, 0.15) is 29.1 Å². The van der Waals surface area contributed by atoms with Crippen molar-refractivity contribution in [2.24, 2.45) is 0 Å². The smallest absolute Gasteiger partial charge is 0.337 e. The Hall–Kier alpha value is -1.88. The van der Waals surface area contributed by atoms with Crippen LogP contribution in [0.3, 0.4) is 0 Å². The molecule has 0 saturated carbocycles. The molecule has 0 aliphatic rings. The molecule has 5 nitrogen and oxygen atoms in total. The Morgan fingerprint density at radius 1 is 1.56 bits per heavy atom. The first-order valence-electron chi connectivity index (χ1n) is 5.76. The van der Waals surface area contributed by atoms with Crippen LogP contribution in [0.4, 0.5) is 0 Å². The van der Waals surface area contributed by atoms with Gasteiger partial charge in [0, 0.05) is 7.11 Å². The highest BCUT2D eigenvalue weighted by Gasteiger charge is 2.17. The van der Waals surface area contributed by atoms with Crippen LogP contribution in [0, 0.1) is 6.92 Å². The van der Waals surface area contributed by atoms with Gasteiger partial charge < -0.3 is 14.4 Å². The lowest BCUT2D eigenvalue weighted by Gasteiger charge is -2.15. The van der Waals surface area contributed by atoms with Crippen LogP contribution in [0.5, 0.6) is 0 Å². The fourth-order valence-corrected chi connectivity index (χ4v) is 2.28. The molecule has 0 fully saturated rings. The molecule has 2 rings (SSSR count). The number of aryl methyl sites for hydroxylation is 1. The van der Waals surface area contributed by atoms with Crippen molar-refractivity contribution in [2.75, 3.05) is 13.7 Å². The predicted molar refractivity (Wildman–Crippen MR) is 68.0 cm³/mol. The Balaban J connectivity index is 2.65. The van der Waals surface area contributed by atoms with Crippen LogP contribution in [0.15, 0.2) is 18.2 Å². The Kier molecular flexibility index (Phi) is 3.34. The Morgan fingerprint density at radius 3 is 2.89 bits per heavy atom. The number of carbonyl (C=O) groups is 1. The maximum atomic E-state index is 11.2. The predicted octanol–water partition coefficient (Wildman–Crippen LogP) is 2.25. The SMILES string of the molecule is COCC(C)n1c(C)nc2c(C(=O)O)cccc21. The molecule has 5 heteroatoms. The van der Waals surface area contributed by atoms with E-state index in [1.54, 1.807) is 19.2 Å². The van der Waals surface area contributed by atoms with E-state index in [2.05, 4.69) is 4.98 Å². The highest BCUT2D eigenvalue weighted by atomic mass is 16.5. The van der Waals surface area contributed by atoms with E-state index in [4.69, 9.17) is 9.84 Å². The standard InChI is InChI=1S/C13H16N2O3/c1-8(7-18-3)15-9(2)14-12-10(13(16)17)5-4-6-11(12)15/h4-6,8H,7H2,1-3H3,(H,16,17). The van der Waals surface area contributed by atoms with Crippen LogP contribution in [0.2, 0.25) is 0 Å². The zero-order valence-corrected chi connectivity index (χ0v) is 10.7. The molecule has 18 heavy (non-hydrogen) atoms. The van der Waals surface area contributed by atoms with Gasteiger partial charge in [0.05, 0.1) is 23.7 Å². The van der Waals surface area contributed by atoms with Crippen LogP contribution in [0.25, 0.3) is 11.0 Å². The molecule has 0 aliphatic carbocycles. The maximum Gasteiger partial charge on any atom is 0.337 e. The van der Waals surface area contributed by atoms with Gasteiger partial charge in [-0.15, -0.1) is 0 Å². The summed E-state index contributed by atoms with van der Waals surface area (Å²) in [6.07, 6.45) is 0. The van der Waals surface area contributed by atoms with E-state index in [1.165, 1.54) is 0 Å². The quantitative estimate of drug-likeness (QED) is 0.901. The second-order valence-electron chi connectivity index (χ2n) is 4.31. The molecule has 1 aromatic heterocycles. The highest BCUT2D eigenvalue weighted by Crippen LogP contribution is 2.23. The highest BCUT2D eigenvalue weighted by molar-refractivity contribution is 6.01. The Bertz CT molecular complexity index is 589. The average Bonchev–Trinajstić information content (AvgIpc) is 2.64. The number of carboxylic acids is 1. The summed E-state index contributed by atoms with van der Waals surface area (Å²) in [5, 5.41) is 9.15. The van der Waals surface area contributed by atoms with E-state index in [1.807, 2.05) is 24.5 Å². The van der Waals surface area contributed by atoms with Crippen molar-refractivity contribution < 1.29 is 14.6 Å². The second kappa shape index (κ2) is 4.78. The first-order valence-corrected chi connectivity index (χ1v) is 5.76. The van der Waals surface area contributed by atoms with Crippen LogP contribution in [-0.4, -0.2) is 34.3 Å². The van der Waals surface area contributed by atoms with Gasteiger partial charge in [-0.2, -0.15) is 0 Å². The summed E-state index contributed by atoms with van der Waals surface area (Å²) in [6, 6.07) is 5.31. The van der Waals surface area contributed by atoms with Crippen molar-refractivity contribution in [3.8, 4) is 0 Å². The molecule has 96 valence electrons.